The van der Waals surface area contributed by atoms with E-state index in [9.17, 15) is 0 Å². The molecule has 0 radical (unpaired) electrons. The van der Waals surface area contributed by atoms with E-state index in [1.807, 2.05) is 0 Å². The van der Waals surface area contributed by atoms with Crippen molar-refractivity contribution < 1.29 is 0 Å². The molecule has 1 aliphatic carbocycles. The van der Waals surface area contributed by atoms with Crippen LogP contribution in [0.5, 0.6) is 0 Å². The van der Waals surface area contributed by atoms with Crippen LogP contribution in [-0.4, -0.2) is 9.55 Å². The van der Waals surface area contributed by atoms with Crippen LogP contribution in [0.15, 0.2) is 249 Å². The lowest BCUT2D eigenvalue weighted by Gasteiger charge is -2.35. The van der Waals surface area contributed by atoms with Crippen molar-refractivity contribution in [2.75, 3.05) is 4.90 Å². The maximum Gasteiger partial charge on any atom is 0.0788 e. The van der Waals surface area contributed by atoms with E-state index >= 15 is 0 Å². The van der Waals surface area contributed by atoms with E-state index in [0.29, 0.717) is 0 Å². The van der Waals surface area contributed by atoms with Crippen LogP contribution in [0.25, 0.3) is 71.6 Å². The number of para-hydroxylation sites is 4. The van der Waals surface area contributed by atoms with Gasteiger partial charge in [0.1, 0.15) is 0 Å². The second-order valence-electron chi connectivity index (χ2n) is 17.0. The Labute approximate surface area is 377 Å². The minimum atomic E-state index is -0.502. The molecule has 10 aromatic carbocycles. The highest BCUT2D eigenvalue weighted by molar-refractivity contribution is 6.29. The first kappa shape index (κ1) is 37.1. The molecular weight excluding hydrogens is 787 g/mol. The molecule has 0 amide bonds. The zero-order valence-corrected chi connectivity index (χ0v) is 35.5. The fourth-order valence-corrected chi connectivity index (χ4v) is 10.9. The predicted molar refractivity (Wildman–Crippen MR) is 271 cm³/mol. The third-order valence-corrected chi connectivity index (χ3v) is 13.6. The molecule has 0 bridgehead atoms. The fourth-order valence-electron chi connectivity index (χ4n) is 10.9. The second-order valence-corrected chi connectivity index (χ2v) is 17.0. The summed E-state index contributed by atoms with van der Waals surface area (Å²) in [6.07, 6.45) is 0. The molecular formula is C62H41N3. The van der Waals surface area contributed by atoms with E-state index in [0.717, 1.165) is 50.3 Å². The van der Waals surface area contributed by atoms with Crippen LogP contribution in [0.4, 0.5) is 17.1 Å². The summed E-state index contributed by atoms with van der Waals surface area (Å²) in [6.45, 7) is 0. The summed E-state index contributed by atoms with van der Waals surface area (Å²) in [6, 6.07) is 90.5. The average molecular weight is 828 g/mol. The molecule has 0 atom stereocenters. The van der Waals surface area contributed by atoms with Gasteiger partial charge >= 0.3 is 0 Å². The smallest absolute Gasteiger partial charge is 0.0788 e. The molecule has 12 aromatic rings. The Morgan fingerprint density at radius 2 is 0.938 bits per heavy atom. The van der Waals surface area contributed by atoms with Gasteiger partial charge in [-0.1, -0.05) is 182 Å². The lowest BCUT2D eigenvalue weighted by Crippen LogP contribution is -2.28. The highest BCUT2D eigenvalue weighted by Crippen LogP contribution is 2.57. The maximum absolute atomic E-state index is 5.43. The molecule has 0 N–H and O–H groups in total. The molecule has 3 nitrogen and oxygen atoms in total. The molecule has 13 rings (SSSR count). The number of pyridine rings is 1. The first-order valence-corrected chi connectivity index (χ1v) is 22.4. The van der Waals surface area contributed by atoms with Gasteiger partial charge in [0.25, 0.3) is 0 Å². The minimum Gasteiger partial charge on any atom is -0.310 e. The highest BCUT2D eigenvalue weighted by atomic mass is 15.1. The molecule has 2 aromatic heterocycles. The van der Waals surface area contributed by atoms with Crippen molar-refractivity contribution in [3.05, 3.63) is 271 Å². The van der Waals surface area contributed by atoms with Crippen LogP contribution in [-0.2, 0) is 5.41 Å². The van der Waals surface area contributed by atoms with E-state index in [4.69, 9.17) is 4.98 Å². The summed E-state index contributed by atoms with van der Waals surface area (Å²) >= 11 is 0. The quantitative estimate of drug-likeness (QED) is 0.149. The molecule has 0 spiro atoms. The van der Waals surface area contributed by atoms with Crippen LogP contribution in [0, 0.1) is 0 Å². The van der Waals surface area contributed by atoms with Crippen molar-refractivity contribution in [1.82, 2.24) is 9.55 Å². The highest BCUT2D eigenvalue weighted by Gasteiger charge is 2.46. The third kappa shape index (κ3) is 5.59. The van der Waals surface area contributed by atoms with Crippen LogP contribution < -0.4 is 4.90 Å². The standard InChI is InChI=1S/C62H41N3/c1-5-19-43(20-6-1)62(44-21-7-2-8-22-44)54-30-16-13-27-49(54)50-38-37-48(41-55(50)62)64(45-23-9-3-10-24-45)47-35-33-42(34-36-47)61-53-39-40-58-60(59(53)51-28-14-17-31-56(51)63-61)52-29-15-18-32-57(52)65(58)46-25-11-4-12-26-46/h1-41H. The molecule has 304 valence electrons. The van der Waals surface area contributed by atoms with Gasteiger partial charge in [0.15, 0.2) is 0 Å². The maximum atomic E-state index is 5.43. The van der Waals surface area contributed by atoms with Gasteiger partial charge in [-0.2, -0.15) is 0 Å². The molecule has 0 aliphatic heterocycles. The Morgan fingerprint density at radius 1 is 0.369 bits per heavy atom. The van der Waals surface area contributed by atoms with E-state index in [1.54, 1.807) is 0 Å². The van der Waals surface area contributed by atoms with E-state index in [2.05, 4.69) is 258 Å². The molecule has 0 unspecified atom stereocenters. The topological polar surface area (TPSA) is 21.1 Å². The Bertz CT molecular complexity index is 3710. The van der Waals surface area contributed by atoms with Crippen LogP contribution in [0.1, 0.15) is 22.3 Å². The summed E-state index contributed by atoms with van der Waals surface area (Å²) < 4.78 is 2.40. The molecule has 0 saturated carbocycles. The van der Waals surface area contributed by atoms with Gasteiger partial charge in [0.05, 0.1) is 27.7 Å². The van der Waals surface area contributed by atoms with Crippen LogP contribution >= 0.6 is 0 Å². The Balaban J connectivity index is 1.000. The lowest BCUT2D eigenvalue weighted by atomic mass is 9.67. The van der Waals surface area contributed by atoms with Gasteiger partial charge in [0.2, 0.25) is 0 Å². The Hall–Kier alpha value is -8.53. The third-order valence-electron chi connectivity index (χ3n) is 13.6. The summed E-state index contributed by atoms with van der Waals surface area (Å²) in [5.74, 6) is 0. The zero-order chi connectivity index (χ0) is 42.9. The summed E-state index contributed by atoms with van der Waals surface area (Å²) in [5.41, 5.74) is 16.9. The number of aromatic nitrogens is 2. The second kappa shape index (κ2) is 14.8. The number of benzene rings is 10. The number of rotatable bonds is 7. The van der Waals surface area contributed by atoms with Crippen molar-refractivity contribution >= 4 is 60.5 Å². The number of hydrogen-bond acceptors (Lipinski definition) is 2. The molecule has 65 heavy (non-hydrogen) atoms. The summed E-state index contributed by atoms with van der Waals surface area (Å²) in [5, 5.41) is 5.99. The predicted octanol–water partition coefficient (Wildman–Crippen LogP) is 16.0. The van der Waals surface area contributed by atoms with Crippen LogP contribution in [0.2, 0.25) is 0 Å². The largest absolute Gasteiger partial charge is 0.310 e. The minimum absolute atomic E-state index is 0.502. The number of fused-ring (bicyclic) bond motifs is 10. The number of anilines is 3. The van der Waals surface area contributed by atoms with Gasteiger partial charge in [-0.25, -0.2) is 4.98 Å². The first-order valence-electron chi connectivity index (χ1n) is 22.4. The van der Waals surface area contributed by atoms with E-state index in [1.165, 1.54) is 60.6 Å². The SMILES string of the molecule is c1ccc(N(c2ccc(-c3nc4ccccc4c4c3ccc3c4c4ccccc4n3-c3ccccc3)cc2)c2ccc3c(c2)C(c2ccccc2)(c2ccccc2)c2ccccc2-3)cc1. The summed E-state index contributed by atoms with van der Waals surface area (Å²) in [4.78, 5) is 7.82. The number of hydrogen-bond donors (Lipinski definition) is 0. The first-order chi connectivity index (χ1) is 32.3. The van der Waals surface area contributed by atoms with Crippen LogP contribution in [0.3, 0.4) is 0 Å². The van der Waals surface area contributed by atoms with Crippen molar-refractivity contribution in [3.8, 4) is 28.1 Å². The summed E-state index contributed by atoms with van der Waals surface area (Å²) in [7, 11) is 0. The normalized spacial score (nSPS) is 12.7. The molecule has 3 heteroatoms. The van der Waals surface area contributed by atoms with Crippen molar-refractivity contribution in [2.45, 2.75) is 5.41 Å². The molecule has 0 saturated heterocycles. The van der Waals surface area contributed by atoms with Crippen molar-refractivity contribution in [2.24, 2.45) is 0 Å². The van der Waals surface area contributed by atoms with Gasteiger partial charge in [-0.3, -0.25) is 0 Å². The lowest BCUT2D eigenvalue weighted by molar-refractivity contribution is 0.768. The Kier molecular flexibility index (Phi) is 8.44. The Morgan fingerprint density at radius 3 is 1.68 bits per heavy atom. The van der Waals surface area contributed by atoms with Gasteiger partial charge in [-0.05, 0) is 100 Å². The zero-order valence-electron chi connectivity index (χ0n) is 35.5. The van der Waals surface area contributed by atoms with Gasteiger partial charge < -0.3 is 9.47 Å². The molecule has 1 aliphatic rings. The monoisotopic (exact) mass is 827 g/mol. The van der Waals surface area contributed by atoms with Gasteiger partial charge in [0, 0.05) is 55.2 Å². The fraction of sp³-hybridized carbons (Fsp3) is 0.0161. The molecule has 0 fully saturated rings. The van der Waals surface area contributed by atoms with Crippen molar-refractivity contribution in [3.63, 3.8) is 0 Å². The van der Waals surface area contributed by atoms with Gasteiger partial charge in [-0.15, -0.1) is 0 Å². The van der Waals surface area contributed by atoms with E-state index in [-0.39, 0.29) is 0 Å². The van der Waals surface area contributed by atoms with Crippen molar-refractivity contribution in [1.29, 1.82) is 0 Å². The molecule has 2 heterocycles. The van der Waals surface area contributed by atoms with E-state index < -0.39 is 5.41 Å². The average Bonchev–Trinajstić information content (AvgIpc) is 3.88. The number of nitrogens with zero attached hydrogens (tertiary/aromatic N) is 3.